The molecule has 1 amide bonds. The summed E-state index contributed by atoms with van der Waals surface area (Å²) in [4.78, 5) is 18.6. The van der Waals surface area contributed by atoms with Crippen LogP contribution in [0, 0.1) is 11.7 Å². The van der Waals surface area contributed by atoms with Crippen molar-refractivity contribution in [3.05, 3.63) is 65.6 Å². The normalized spacial score (nSPS) is 24.6. The van der Waals surface area contributed by atoms with Gasteiger partial charge in [-0.2, -0.15) is 0 Å². The number of aromatic nitrogens is 1. The minimum atomic E-state index is -0.300. The second-order valence-corrected chi connectivity index (χ2v) is 7.83. The van der Waals surface area contributed by atoms with Crippen LogP contribution >= 0.6 is 0 Å². The Balaban J connectivity index is 1.42. The Morgan fingerprint density at radius 1 is 1.22 bits per heavy atom. The number of likely N-dealkylation sites (tertiary alicyclic amines) is 1. The van der Waals surface area contributed by atoms with E-state index in [1.165, 1.54) is 34.2 Å². The summed E-state index contributed by atoms with van der Waals surface area (Å²) in [6.07, 6.45) is 3.99. The number of anilines is 1. The number of rotatable bonds is 2. The standard InChI is InChI=1S/C22H22FN3O/c1-26-12-14(22(27)25-16-7-5-15(23)6-8-16)9-18-17-3-2-4-19-21(17)13(11-24-19)10-20(18)26/h2-8,11,14,18,20,24H,9-10,12H2,1H3,(H,25,27)/t14-,18-,20-/m1/s1. The second-order valence-electron chi connectivity index (χ2n) is 7.83. The van der Waals surface area contributed by atoms with E-state index >= 15 is 0 Å². The molecule has 5 heteroatoms. The number of amides is 1. The van der Waals surface area contributed by atoms with Gasteiger partial charge >= 0.3 is 0 Å². The van der Waals surface area contributed by atoms with Gasteiger partial charge in [-0.05, 0) is 61.3 Å². The van der Waals surface area contributed by atoms with Crippen molar-refractivity contribution >= 4 is 22.5 Å². The number of aromatic amines is 1. The Morgan fingerprint density at radius 2 is 2.04 bits per heavy atom. The topological polar surface area (TPSA) is 48.1 Å². The zero-order valence-electron chi connectivity index (χ0n) is 15.2. The molecular formula is C22H22FN3O. The summed E-state index contributed by atoms with van der Waals surface area (Å²) in [5.41, 5.74) is 4.56. The van der Waals surface area contributed by atoms with E-state index < -0.39 is 0 Å². The van der Waals surface area contributed by atoms with E-state index in [4.69, 9.17) is 0 Å². The predicted octanol–water partition coefficient (Wildman–Crippen LogP) is 3.91. The number of likely N-dealkylation sites (N-methyl/N-ethyl adjacent to an activating group) is 1. The summed E-state index contributed by atoms with van der Waals surface area (Å²) in [5.74, 6) is -0.0263. The van der Waals surface area contributed by atoms with Crippen molar-refractivity contribution < 1.29 is 9.18 Å². The van der Waals surface area contributed by atoms with Gasteiger partial charge in [0, 0.05) is 41.3 Å². The maximum Gasteiger partial charge on any atom is 0.228 e. The van der Waals surface area contributed by atoms with E-state index in [1.807, 2.05) is 0 Å². The first-order valence-corrected chi connectivity index (χ1v) is 9.45. The molecule has 1 aromatic heterocycles. The van der Waals surface area contributed by atoms with E-state index in [2.05, 4.69) is 46.6 Å². The summed E-state index contributed by atoms with van der Waals surface area (Å²) in [6, 6.07) is 12.8. The van der Waals surface area contributed by atoms with Crippen molar-refractivity contribution in [2.75, 3.05) is 18.9 Å². The fraction of sp³-hybridized carbons (Fsp3) is 0.318. The molecule has 0 spiro atoms. The molecule has 0 bridgehead atoms. The molecule has 4 nitrogen and oxygen atoms in total. The number of nitrogens with one attached hydrogen (secondary N) is 2. The minimum absolute atomic E-state index is 0.0129. The summed E-state index contributed by atoms with van der Waals surface area (Å²) in [6.45, 7) is 0.740. The maximum absolute atomic E-state index is 13.1. The first-order chi connectivity index (χ1) is 13.1. The Labute approximate surface area is 157 Å². The quantitative estimate of drug-likeness (QED) is 0.725. The van der Waals surface area contributed by atoms with Gasteiger partial charge in [0.2, 0.25) is 5.91 Å². The zero-order valence-corrected chi connectivity index (χ0v) is 15.2. The lowest BCUT2D eigenvalue weighted by molar-refractivity contribution is -0.122. The van der Waals surface area contributed by atoms with Crippen LogP contribution in [-0.2, 0) is 11.2 Å². The van der Waals surface area contributed by atoms with Gasteiger partial charge in [0.25, 0.3) is 0 Å². The van der Waals surface area contributed by atoms with E-state index in [0.29, 0.717) is 17.6 Å². The molecule has 3 atom stereocenters. The highest BCUT2D eigenvalue weighted by molar-refractivity contribution is 5.93. The Bertz CT molecular complexity index is 1010. The molecule has 138 valence electrons. The maximum atomic E-state index is 13.1. The van der Waals surface area contributed by atoms with Gasteiger partial charge in [-0.25, -0.2) is 4.39 Å². The van der Waals surface area contributed by atoms with Crippen LogP contribution in [0.25, 0.3) is 10.9 Å². The van der Waals surface area contributed by atoms with Crippen LogP contribution in [0.1, 0.15) is 23.5 Å². The van der Waals surface area contributed by atoms with Crippen molar-refractivity contribution in [2.45, 2.75) is 24.8 Å². The number of nitrogens with zero attached hydrogens (tertiary/aromatic N) is 1. The molecule has 1 aliphatic heterocycles. The van der Waals surface area contributed by atoms with E-state index in [-0.39, 0.29) is 17.6 Å². The van der Waals surface area contributed by atoms with Crippen molar-refractivity contribution in [1.29, 1.82) is 0 Å². The predicted molar refractivity (Wildman–Crippen MR) is 104 cm³/mol. The number of hydrogen-bond donors (Lipinski definition) is 2. The van der Waals surface area contributed by atoms with Gasteiger partial charge < -0.3 is 15.2 Å². The molecule has 2 heterocycles. The molecule has 27 heavy (non-hydrogen) atoms. The van der Waals surface area contributed by atoms with Gasteiger partial charge in [0.15, 0.2) is 0 Å². The van der Waals surface area contributed by atoms with Gasteiger partial charge in [-0.3, -0.25) is 4.79 Å². The smallest absolute Gasteiger partial charge is 0.228 e. The molecule has 5 rings (SSSR count). The van der Waals surface area contributed by atoms with Gasteiger partial charge in [0.1, 0.15) is 5.82 Å². The molecule has 2 aliphatic rings. The van der Waals surface area contributed by atoms with Crippen LogP contribution in [-0.4, -0.2) is 35.4 Å². The summed E-state index contributed by atoms with van der Waals surface area (Å²) in [7, 11) is 2.12. The Morgan fingerprint density at radius 3 is 2.85 bits per heavy atom. The van der Waals surface area contributed by atoms with Crippen molar-refractivity contribution in [2.24, 2.45) is 5.92 Å². The highest BCUT2D eigenvalue weighted by Gasteiger charge is 2.41. The van der Waals surface area contributed by atoms with Crippen molar-refractivity contribution in [3.63, 3.8) is 0 Å². The van der Waals surface area contributed by atoms with Crippen LogP contribution in [0.4, 0.5) is 10.1 Å². The van der Waals surface area contributed by atoms with Crippen LogP contribution in [0.3, 0.4) is 0 Å². The number of carbonyl (C=O) groups excluding carboxylic acids is 1. The third kappa shape index (κ3) is 2.73. The average Bonchev–Trinajstić information content (AvgIpc) is 3.09. The van der Waals surface area contributed by atoms with Crippen LogP contribution in [0.2, 0.25) is 0 Å². The van der Waals surface area contributed by atoms with Crippen molar-refractivity contribution in [3.8, 4) is 0 Å². The second kappa shape index (κ2) is 6.20. The first kappa shape index (κ1) is 16.5. The molecule has 1 fully saturated rings. The van der Waals surface area contributed by atoms with E-state index in [9.17, 15) is 9.18 Å². The SMILES string of the molecule is CN1C[C@H](C(=O)Nc2ccc(F)cc2)C[C@@H]2c3cccc4[nH]cc(c34)C[C@H]21. The zero-order chi connectivity index (χ0) is 18.5. The van der Waals surface area contributed by atoms with E-state index in [0.717, 1.165) is 19.4 Å². The highest BCUT2D eigenvalue weighted by Crippen LogP contribution is 2.44. The minimum Gasteiger partial charge on any atom is -0.361 e. The lowest BCUT2D eigenvalue weighted by atomic mass is 9.72. The Hall–Kier alpha value is -2.66. The summed E-state index contributed by atoms with van der Waals surface area (Å²) < 4.78 is 13.1. The molecule has 3 aromatic rings. The Kier molecular flexibility index (Phi) is 3.79. The number of hydrogen-bond acceptors (Lipinski definition) is 2. The molecule has 0 unspecified atom stereocenters. The molecule has 1 aliphatic carbocycles. The van der Waals surface area contributed by atoms with E-state index in [1.54, 1.807) is 12.1 Å². The van der Waals surface area contributed by atoms with Crippen LogP contribution in [0.15, 0.2) is 48.7 Å². The van der Waals surface area contributed by atoms with Gasteiger partial charge in [-0.1, -0.05) is 12.1 Å². The number of H-pyrrole nitrogens is 1. The van der Waals surface area contributed by atoms with Crippen LogP contribution in [0.5, 0.6) is 0 Å². The molecule has 1 saturated heterocycles. The molecule has 0 saturated carbocycles. The molecular weight excluding hydrogens is 341 g/mol. The van der Waals surface area contributed by atoms with Crippen molar-refractivity contribution in [1.82, 2.24) is 9.88 Å². The number of carbonyl (C=O) groups is 1. The molecule has 0 radical (unpaired) electrons. The monoisotopic (exact) mass is 363 g/mol. The largest absolute Gasteiger partial charge is 0.361 e. The lowest BCUT2D eigenvalue weighted by Crippen LogP contribution is -2.50. The van der Waals surface area contributed by atoms with Gasteiger partial charge in [-0.15, -0.1) is 0 Å². The molecule has 2 N–H and O–H groups in total. The fourth-order valence-corrected chi connectivity index (χ4v) is 4.91. The number of piperidine rings is 1. The highest BCUT2D eigenvalue weighted by atomic mass is 19.1. The number of halogens is 1. The van der Waals surface area contributed by atoms with Gasteiger partial charge in [0.05, 0.1) is 5.92 Å². The first-order valence-electron chi connectivity index (χ1n) is 9.45. The number of benzene rings is 2. The molecule has 2 aromatic carbocycles. The number of fused-ring (bicyclic) bond motifs is 2. The summed E-state index contributed by atoms with van der Waals surface area (Å²) in [5, 5.41) is 4.29. The lowest BCUT2D eigenvalue weighted by Gasteiger charge is -2.45. The third-order valence-corrected chi connectivity index (χ3v) is 6.21. The third-order valence-electron chi connectivity index (χ3n) is 6.21. The fourth-order valence-electron chi connectivity index (χ4n) is 4.91. The average molecular weight is 363 g/mol. The summed E-state index contributed by atoms with van der Waals surface area (Å²) >= 11 is 0. The van der Waals surface area contributed by atoms with Crippen LogP contribution < -0.4 is 5.32 Å².